The van der Waals surface area contributed by atoms with Gasteiger partial charge in [0.1, 0.15) is 0 Å². The molecule has 5 heteroatoms. The Labute approximate surface area is 162 Å². The van der Waals surface area contributed by atoms with E-state index in [2.05, 4.69) is 59.5 Å². The Hall–Kier alpha value is -2.56. The molecule has 0 unspecified atom stereocenters. The van der Waals surface area contributed by atoms with Gasteiger partial charge in [0, 0.05) is 31.5 Å². The molecule has 144 valence electrons. The number of urea groups is 1. The maximum absolute atomic E-state index is 12.2. The lowest BCUT2D eigenvalue weighted by Crippen LogP contribution is -2.39. The molecule has 1 fully saturated rings. The molecule has 1 saturated heterocycles. The van der Waals surface area contributed by atoms with Gasteiger partial charge < -0.3 is 15.5 Å². The van der Waals surface area contributed by atoms with Crippen LogP contribution >= 0.6 is 0 Å². The Kier molecular flexibility index (Phi) is 5.99. The Morgan fingerprint density at radius 3 is 2.44 bits per heavy atom. The van der Waals surface area contributed by atoms with Crippen molar-refractivity contribution in [2.75, 3.05) is 29.9 Å². The predicted octanol–water partition coefficient (Wildman–Crippen LogP) is 4.42. The van der Waals surface area contributed by atoms with E-state index in [1.54, 1.807) is 6.20 Å². The van der Waals surface area contributed by atoms with Crippen LogP contribution in [0.4, 0.5) is 16.2 Å². The van der Waals surface area contributed by atoms with Crippen molar-refractivity contribution in [2.45, 2.75) is 39.0 Å². The molecule has 5 nitrogen and oxygen atoms in total. The molecule has 1 aromatic heterocycles. The minimum absolute atomic E-state index is 0.117. The number of anilines is 2. The third kappa shape index (κ3) is 5.46. The van der Waals surface area contributed by atoms with E-state index in [-0.39, 0.29) is 11.4 Å². The molecule has 1 aliphatic rings. The molecule has 2 N–H and O–H groups in total. The summed E-state index contributed by atoms with van der Waals surface area (Å²) in [7, 11) is 0. The average molecular weight is 367 g/mol. The van der Waals surface area contributed by atoms with Crippen LogP contribution in [0, 0.1) is 5.92 Å². The van der Waals surface area contributed by atoms with Gasteiger partial charge in [-0.05, 0) is 54.0 Å². The predicted molar refractivity (Wildman–Crippen MR) is 111 cm³/mol. The number of nitrogens with zero attached hydrogens (tertiary/aromatic N) is 2. The van der Waals surface area contributed by atoms with Crippen LogP contribution in [-0.2, 0) is 5.41 Å². The Balaban J connectivity index is 1.41. The molecule has 0 spiro atoms. The van der Waals surface area contributed by atoms with E-state index in [1.807, 2.05) is 24.4 Å². The second-order valence-electron chi connectivity index (χ2n) is 8.30. The minimum Gasteiger partial charge on any atom is -0.370 e. The van der Waals surface area contributed by atoms with Crippen LogP contribution in [0.15, 0.2) is 48.8 Å². The summed E-state index contributed by atoms with van der Waals surface area (Å²) < 4.78 is 0. The minimum atomic E-state index is -0.131. The summed E-state index contributed by atoms with van der Waals surface area (Å²) in [6, 6.07) is 12.0. The molecule has 1 aromatic carbocycles. The average Bonchev–Trinajstić information content (AvgIpc) is 2.67. The van der Waals surface area contributed by atoms with E-state index in [0.717, 1.165) is 31.6 Å². The molecule has 2 amide bonds. The normalized spacial score (nSPS) is 15.4. The molecule has 0 aliphatic carbocycles. The quantitative estimate of drug-likeness (QED) is 0.842. The molecule has 0 bridgehead atoms. The first kappa shape index (κ1) is 19.2. The molecule has 0 atom stereocenters. The standard InChI is InChI=1S/C22H30N4O/c1-22(2,3)18-6-8-19(9-7-18)25-21(27)24-15-17-10-13-26(14-11-17)20-5-4-12-23-16-20/h4-9,12,16-17H,10-11,13-15H2,1-3H3,(H2,24,25,27). The SMILES string of the molecule is CC(C)(C)c1ccc(NC(=O)NCC2CCN(c3cccnc3)CC2)cc1. The topological polar surface area (TPSA) is 57.3 Å². The highest BCUT2D eigenvalue weighted by molar-refractivity contribution is 5.89. The van der Waals surface area contributed by atoms with Gasteiger partial charge in [-0.15, -0.1) is 0 Å². The van der Waals surface area contributed by atoms with Crippen molar-refractivity contribution in [3.8, 4) is 0 Å². The van der Waals surface area contributed by atoms with Crippen molar-refractivity contribution in [2.24, 2.45) is 5.92 Å². The van der Waals surface area contributed by atoms with Gasteiger partial charge in [-0.1, -0.05) is 32.9 Å². The molecule has 0 saturated carbocycles. The van der Waals surface area contributed by atoms with Crippen molar-refractivity contribution < 1.29 is 4.79 Å². The van der Waals surface area contributed by atoms with Gasteiger partial charge in [-0.2, -0.15) is 0 Å². The zero-order chi connectivity index (χ0) is 19.3. The highest BCUT2D eigenvalue weighted by Crippen LogP contribution is 2.24. The lowest BCUT2D eigenvalue weighted by molar-refractivity contribution is 0.248. The lowest BCUT2D eigenvalue weighted by atomic mass is 9.87. The van der Waals surface area contributed by atoms with Crippen LogP contribution in [0.5, 0.6) is 0 Å². The fourth-order valence-electron chi connectivity index (χ4n) is 3.40. The highest BCUT2D eigenvalue weighted by Gasteiger charge is 2.20. The van der Waals surface area contributed by atoms with Crippen LogP contribution in [0.3, 0.4) is 0 Å². The van der Waals surface area contributed by atoms with E-state index in [4.69, 9.17) is 0 Å². The number of aromatic nitrogens is 1. The lowest BCUT2D eigenvalue weighted by Gasteiger charge is -2.33. The number of benzene rings is 1. The van der Waals surface area contributed by atoms with Crippen LogP contribution in [0.1, 0.15) is 39.2 Å². The van der Waals surface area contributed by atoms with Crippen LogP contribution in [0.25, 0.3) is 0 Å². The molecule has 2 aromatic rings. The zero-order valence-electron chi connectivity index (χ0n) is 16.5. The molecule has 3 rings (SSSR count). The molecule has 27 heavy (non-hydrogen) atoms. The van der Waals surface area contributed by atoms with Gasteiger partial charge in [0.2, 0.25) is 0 Å². The number of carbonyl (C=O) groups excluding carboxylic acids is 1. The van der Waals surface area contributed by atoms with Crippen molar-refractivity contribution in [3.63, 3.8) is 0 Å². The first-order valence-corrected chi connectivity index (χ1v) is 9.72. The number of rotatable bonds is 4. The number of carbonyl (C=O) groups is 1. The number of nitrogens with one attached hydrogen (secondary N) is 2. The third-order valence-electron chi connectivity index (χ3n) is 5.19. The Morgan fingerprint density at radius 1 is 1.15 bits per heavy atom. The summed E-state index contributed by atoms with van der Waals surface area (Å²) in [5.41, 5.74) is 3.38. The molecule has 0 radical (unpaired) electrons. The Morgan fingerprint density at radius 2 is 1.85 bits per heavy atom. The fraction of sp³-hybridized carbons (Fsp3) is 0.455. The number of hydrogen-bond acceptors (Lipinski definition) is 3. The number of piperidine rings is 1. The number of hydrogen-bond donors (Lipinski definition) is 2. The van der Waals surface area contributed by atoms with Crippen LogP contribution in [-0.4, -0.2) is 30.6 Å². The van der Waals surface area contributed by atoms with Gasteiger partial charge >= 0.3 is 6.03 Å². The maximum atomic E-state index is 12.2. The summed E-state index contributed by atoms with van der Waals surface area (Å²) in [6.07, 6.45) is 5.87. The maximum Gasteiger partial charge on any atom is 0.319 e. The van der Waals surface area contributed by atoms with Gasteiger partial charge in [-0.3, -0.25) is 4.98 Å². The molecule has 2 heterocycles. The number of amides is 2. The first-order valence-electron chi connectivity index (χ1n) is 9.72. The third-order valence-corrected chi connectivity index (χ3v) is 5.19. The second kappa shape index (κ2) is 8.42. The van der Waals surface area contributed by atoms with Gasteiger partial charge in [0.05, 0.1) is 11.9 Å². The summed E-state index contributed by atoms with van der Waals surface area (Å²) in [5.74, 6) is 0.520. The second-order valence-corrected chi connectivity index (χ2v) is 8.30. The summed E-state index contributed by atoms with van der Waals surface area (Å²) >= 11 is 0. The van der Waals surface area contributed by atoms with E-state index in [1.165, 1.54) is 11.3 Å². The first-order chi connectivity index (χ1) is 12.9. The van der Waals surface area contributed by atoms with Gasteiger partial charge in [-0.25, -0.2) is 4.79 Å². The van der Waals surface area contributed by atoms with E-state index in [9.17, 15) is 4.79 Å². The van der Waals surface area contributed by atoms with E-state index in [0.29, 0.717) is 12.5 Å². The van der Waals surface area contributed by atoms with Crippen molar-refractivity contribution >= 4 is 17.4 Å². The number of pyridine rings is 1. The van der Waals surface area contributed by atoms with E-state index >= 15 is 0 Å². The fourth-order valence-corrected chi connectivity index (χ4v) is 3.40. The smallest absolute Gasteiger partial charge is 0.319 e. The highest BCUT2D eigenvalue weighted by atomic mass is 16.2. The van der Waals surface area contributed by atoms with E-state index < -0.39 is 0 Å². The summed E-state index contributed by atoms with van der Waals surface area (Å²) in [6.45, 7) is 9.28. The molecular formula is C22H30N4O. The Bertz CT molecular complexity index is 729. The van der Waals surface area contributed by atoms with Crippen LogP contribution < -0.4 is 15.5 Å². The summed E-state index contributed by atoms with van der Waals surface area (Å²) in [4.78, 5) is 18.7. The van der Waals surface area contributed by atoms with Gasteiger partial charge in [0.25, 0.3) is 0 Å². The van der Waals surface area contributed by atoms with Gasteiger partial charge in [0.15, 0.2) is 0 Å². The van der Waals surface area contributed by atoms with Crippen LogP contribution in [0.2, 0.25) is 0 Å². The zero-order valence-corrected chi connectivity index (χ0v) is 16.5. The monoisotopic (exact) mass is 366 g/mol. The molecular weight excluding hydrogens is 336 g/mol. The van der Waals surface area contributed by atoms with Crippen molar-refractivity contribution in [1.82, 2.24) is 10.3 Å². The molecule has 1 aliphatic heterocycles. The van der Waals surface area contributed by atoms with Crippen molar-refractivity contribution in [3.05, 3.63) is 54.4 Å². The summed E-state index contributed by atoms with van der Waals surface area (Å²) in [5, 5.41) is 5.95. The van der Waals surface area contributed by atoms with Crippen molar-refractivity contribution in [1.29, 1.82) is 0 Å². The largest absolute Gasteiger partial charge is 0.370 e.